The molecule has 1 saturated carbocycles. The van der Waals surface area contributed by atoms with E-state index in [1.807, 2.05) is 30.4 Å². The number of carbonyl (C=O) groups is 2. The van der Waals surface area contributed by atoms with Gasteiger partial charge in [-0.05, 0) is 89.9 Å². The highest BCUT2D eigenvalue weighted by Crippen LogP contribution is 2.49. The standard InChI is InChI=1S/C51H82O17P2/c1-3-5-7-9-11-13-14-15-16-17-18-19-20-21-22-24-26-28-34-38-45(53)65-41(40-64-70(61,62)68-51-48(56)46(54)47(55)50(49(51)57)67-69(58,59)60)39-63-44(52)37-33-30-29-32-36-43-42(66-43)35-31-27-25-23-12-10-8-6-4-2/h11-13,15-16,18-19,21-23,26-29,31-32,41-43,46-51,54-57H,3-10,14,17,20,24-25,30,33-40H2,1-2H3,(H,61,62)(H2,58,59,60)/b13-11-,16-15-,19-18-,22-21-,23-12-,28-26-,31-27-,32-29-/t41-,42?,43?,46?,47?,48?,49?,50-,51+/m1/s1. The van der Waals surface area contributed by atoms with Crippen molar-refractivity contribution in [2.75, 3.05) is 13.2 Å². The lowest BCUT2D eigenvalue weighted by atomic mass is 9.85. The van der Waals surface area contributed by atoms with E-state index in [1.54, 1.807) is 6.08 Å². The van der Waals surface area contributed by atoms with Gasteiger partial charge in [-0.25, -0.2) is 9.13 Å². The lowest BCUT2D eigenvalue weighted by molar-refractivity contribution is -0.216. The van der Waals surface area contributed by atoms with Crippen LogP contribution in [0.3, 0.4) is 0 Å². The van der Waals surface area contributed by atoms with Crippen molar-refractivity contribution in [3.05, 3.63) is 97.2 Å². The molecule has 0 spiro atoms. The maximum absolute atomic E-state index is 13.0. The zero-order valence-electron chi connectivity index (χ0n) is 41.1. The molecule has 1 saturated heterocycles. The van der Waals surface area contributed by atoms with Crippen molar-refractivity contribution in [3.63, 3.8) is 0 Å². The third kappa shape index (κ3) is 30.7. The van der Waals surface area contributed by atoms with Crippen LogP contribution in [0.25, 0.3) is 0 Å². The Balaban J connectivity index is 1.84. The molecule has 2 aliphatic rings. The van der Waals surface area contributed by atoms with Crippen LogP contribution in [0.2, 0.25) is 0 Å². The first-order valence-corrected chi connectivity index (χ1v) is 27.9. The summed E-state index contributed by atoms with van der Waals surface area (Å²) in [6.07, 6.45) is 35.4. The first kappa shape index (κ1) is 63.0. The first-order valence-electron chi connectivity index (χ1n) is 24.9. The molecule has 19 heteroatoms. The van der Waals surface area contributed by atoms with Crippen molar-refractivity contribution in [3.8, 4) is 0 Å². The van der Waals surface area contributed by atoms with Crippen molar-refractivity contribution in [2.24, 2.45) is 0 Å². The van der Waals surface area contributed by atoms with E-state index in [1.165, 1.54) is 38.5 Å². The van der Waals surface area contributed by atoms with E-state index in [-0.39, 0.29) is 25.0 Å². The van der Waals surface area contributed by atoms with E-state index in [9.17, 15) is 53.8 Å². The van der Waals surface area contributed by atoms with Crippen LogP contribution in [0.1, 0.15) is 142 Å². The summed E-state index contributed by atoms with van der Waals surface area (Å²) in [6, 6.07) is 0. The number of ether oxygens (including phenoxy) is 3. The van der Waals surface area contributed by atoms with Gasteiger partial charge in [-0.3, -0.25) is 23.2 Å². The largest absolute Gasteiger partial charge is 0.472 e. The first-order chi connectivity index (χ1) is 33.6. The van der Waals surface area contributed by atoms with E-state index in [2.05, 4.69) is 79.1 Å². The lowest BCUT2D eigenvalue weighted by Crippen LogP contribution is -2.64. The molecule has 0 bridgehead atoms. The summed E-state index contributed by atoms with van der Waals surface area (Å²) < 4.78 is 55.1. The summed E-state index contributed by atoms with van der Waals surface area (Å²) in [4.78, 5) is 54.4. The van der Waals surface area contributed by atoms with Crippen molar-refractivity contribution >= 4 is 27.6 Å². The van der Waals surface area contributed by atoms with Gasteiger partial charge in [-0.15, -0.1) is 0 Å². The predicted molar refractivity (Wildman–Crippen MR) is 268 cm³/mol. The number of rotatable bonds is 39. The van der Waals surface area contributed by atoms with Crippen LogP contribution in [0.5, 0.6) is 0 Å². The molecule has 0 radical (unpaired) electrons. The number of phosphoric ester groups is 2. The summed E-state index contributed by atoms with van der Waals surface area (Å²) in [5.41, 5.74) is 0. The minimum atomic E-state index is -5.39. The summed E-state index contributed by atoms with van der Waals surface area (Å²) in [5.74, 6) is -1.38. The molecular formula is C51H82O17P2. The van der Waals surface area contributed by atoms with Gasteiger partial charge in [0.1, 0.15) is 43.2 Å². The summed E-state index contributed by atoms with van der Waals surface area (Å²) in [6.45, 7) is 2.93. The van der Waals surface area contributed by atoms with Crippen molar-refractivity contribution < 1.29 is 81.6 Å². The van der Waals surface area contributed by atoms with Gasteiger partial charge in [0.25, 0.3) is 0 Å². The molecule has 17 nitrogen and oxygen atoms in total. The van der Waals surface area contributed by atoms with Gasteiger partial charge in [0.05, 0.1) is 18.8 Å². The van der Waals surface area contributed by atoms with E-state index < -0.39 is 83.5 Å². The Hall–Kier alpha value is -3.12. The van der Waals surface area contributed by atoms with E-state index in [4.69, 9.17) is 23.3 Å². The molecular weight excluding hydrogens is 946 g/mol. The highest BCUT2D eigenvalue weighted by Gasteiger charge is 2.54. The Bertz CT molecular complexity index is 1790. The quantitative estimate of drug-likeness (QED) is 0.00995. The van der Waals surface area contributed by atoms with Crippen molar-refractivity contribution in [1.82, 2.24) is 0 Å². The van der Waals surface area contributed by atoms with Gasteiger partial charge in [0, 0.05) is 12.8 Å². The number of unbranched alkanes of at least 4 members (excludes halogenated alkanes) is 7. The molecule has 1 heterocycles. The number of hydrogen-bond donors (Lipinski definition) is 7. The molecule has 10 atom stereocenters. The summed E-state index contributed by atoms with van der Waals surface area (Å²) in [5, 5.41) is 41.3. The number of phosphoric acid groups is 2. The Morgan fingerprint density at radius 1 is 0.514 bits per heavy atom. The second kappa shape index (κ2) is 37.6. The molecule has 0 aromatic rings. The number of carbonyl (C=O) groups excluding carboxylic acids is 2. The Kier molecular flexibility index (Phi) is 33.8. The summed E-state index contributed by atoms with van der Waals surface area (Å²) in [7, 11) is -10.7. The van der Waals surface area contributed by atoms with Crippen LogP contribution < -0.4 is 0 Å². The van der Waals surface area contributed by atoms with Gasteiger partial charge in [-0.1, -0.05) is 137 Å². The Morgan fingerprint density at radius 2 is 0.957 bits per heavy atom. The normalized spacial score (nSPS) is 24.7. The SMILES string of the molecule is CCCCC/C=C\C/C=C\C/C=C\C/C=C\C/C=C\CCC(=O)O[C@H](COC(=O)CCC/C=C\CC1OC1C/C=C\C/C=C\CCCCC)COP(=O)(O)O[C@H]1C(O)C(O)C(O)[C@@H](OP(=O)(O)O)C1O. The van der Waals surface area contributed by atoms with Crippen molar-refractivity contribution in [2.45, 2.75) is 197 Å². The van der Waals surface area contributed by atoms with E-state index in [0.29, 0.717) is 25.7 Å². The van der Waals surface area contributed by atoms with Crippen LogP contribution in [0.4, 0.5) is 0 Å². The molecule has 398 valence electrons. The van der Waals surface area contributed by atoms with Crippen LogP contribution >= 0.6 is 15.6 Å². The minimum Gasteiger partial charge on any atom is -0.462 e. The maximum atomic E-state index is 13.0. The van der Waals surface area contributed by atoms with E-state index in [0.717, 1.165) is 51.4 Å². The zero-order valence-corrected chi connectivity index (χ0v) is 42.9. The zero-order chi connectivity index (χ0) is 51.5. The predicted octanol–water partition coefficient (Wildman–Crippen LogP) is 8.94. The fourth-order valence-corrected chi connectivity index (χ4v) is 8.58. The average Bonchev–Trinajstić information content (AvgIpc) is 4.08. The molecule has 0 aromatic heterocycles. The lowest BCUT2D eigenvalue weighted by Gasteiger charge is -2.43. The second-order valence-electron chi connectivity index (χ2n) is 17.2. The van der Waals surface area contributed by atoms with Crippen LogP contribution in [-0.2, 0) is 46.5 Å². The highest BCUT2D eigenvalue weighted by atomic mass is 31.2. The van der Waals surface area contributed by atoms with Crippen LogP contribution in [-0.4, -0.2) is 115 Å². The molecule has 7 unspecified atom stereocenters. The smallest absolute Gasteiger partial charge is 0.462 e. The van der Waals surface area contributed by atoms with Crippen LogP contribution in [0, 0.1) is 0 Å². The van der Waals surface area contributed by atoms with Gasteiger partial charge >= 0.3 is 27.6 Å². The molecule has 70 heavy (non-hydrogen) atoms. The third-order valence-corrected chi connectivity index (χ3v) is 12.5. The van der Waals surface area contributed by atoms with Crippen LogP contribution in [0.15, 0.2) is 97.2 Å². The average molecular weight is 1030 g/mol. The number of aliphatic hydroxyl groups is 4. The maximum Gasteiger partial charge on any atom is 0.472 e. The molecule has 0 aromatic carbocycles. The second-order valence-corrected chi connectivity index (χ2v) is 19.8. The number of allylic oxidation sites excluding steroid dienone is 14. The van der Waals surface area contributed by atoms with Crippen molar-refractivity contribution in [1.29, 1.82) is 0 Å². The molecule has 1 aliphatic heterocycles. The minimum absolute atomic E-state index is 0.0155. The fraction of sp³-hybridized carbons (Fsp3) is 0.647. The molecule has 7 N–H and O–H groups in total. The third-order valence-electron chi connectivity index (χ3n) is 11.0. The highest BCUT2D eigenvalue weighted by molar-refractivity contribution is 7.47. The number of esters is 2. The summed E-state index contributed by atoms with van der Waals surface area (Å²) >= 11 is 0. The topological polar surface area (TPSA) is 269 Å². The number of hydrogen-bond acceptors (Lipinski definition) is 14. The monoisotopic (exact) mass is 1030 g/mol. The molecule has 1 aliphatic carbocycles. The molecule has 0 amide bonds. The number of epoxide rings is 1. The number of aliphatic hydroxyl groups excluding tert-OH is 4. The van der Waals surface area contributed by atoms with Gasteiger partial charge in [0.15, 0.2) is 6.10 Å². The Labute approximate surface area is 415 Å². The molecule has 2 fully saturated rings. The molecule has 2 rings (SSSR count). The fourth-order valence-electron chi connectivity index (χ4n) is 7.04. The van der Waals surface area contributed by atoms with Gasteiger partial charge < -0.3 is 49.3 Å². The Morgan fingerprint density at radius 3 is 1.47 bits per heavy atom. The van der Waals surface area contributed by atoms with E-state index >= 15 is 0 Å². The van der Waals surface area contributed by atoms with Gasteiger partial charge in [-0.2, -0.15) is 0 Å². The van der Waals surface area contributed by atoms with Gasteiger partial charge in [0.2, 0.25) is 0 Å².